The number of nitrogens with one attached hydrogen (secondary N) is 1. The molecule has 1 unspecified atom stereocenters. The fraction of sp³-hybridized carbons (Fsp3) is 0.452. The number of hydrogen-bond acceptors (Lipinski definition) is 8. The van der Waals surface area contributed by atoms with Gasteiger partial charge in [-0.05, 0) is 57.1 Å². The van der Waals surface area contributed by atoms with Crippen molar-refractivity contribution < 1.29 is 29.0 Å². The van der Waals surface area contributed by atoms with Crippen molar-refractivity contribution in [1.82, 2.24) is 19.7 Å². The number of rotatable bonds is 7. The summed E-state index contributed by atoms with van der Waals surface area (Å²) in [5.74, 6) is 1.83. The summed E-state index contributed by atoms with van der Waals surface area (Å²) in [5, 5.41) is 5.87. The second-order valence-electron chi connectivity index (χ2n) is 11.4. The van der Waals surface area contributed by atoms with E-state index in [1.165, 1.54) is 17.4 Å². The molecular weight excluding hydrogens is 658 g/mol. The van der Waals surface area contributed by atoms with Crippen LogP contribution in [0.5, 0.6) is 5.88 Å². The molecule has 15 heteroatoms. The summed E-state index contributed by atoms with van der Waals surface area (Å²) >= 11 is 3.03. The molecule has 0 radical (unpaired) electrons. The van der Waals surface area contributed by atoms with Crippen LogP contribution in [0, 0.1) is 5.41 Å². The Kier molecular flexibility index (Phi) is 12.1. The van der Waals surface area contributed by atoms with Gasteiger partial charge in [-0.2, -0.15) is 24.9 Å². The third kappa shape index (κ3) is 8.60. The minimum atomic E-state index is -4.42. The molecule has 1 aliphatic heterocycles. The molecule has 0 saturated carbocycles. The smallest absolute Gasteiger partial charge is 0.397 e. The first-order valence-corrected chi connectivity index (χ1v) is 18.2. The third-order valence-corrected chi connectivity index (χ3v) is 10.3. The molecule has 0 spiro atoms. The summed E-state index contributed by atoms with van der Waals surface area (Å²) in [6.07, 6.45) is 4.37. The average Bonchev–Trinajstić information content (AvgIpc) is 3.66. The Bertz CT molecular complexity index is 1620. The van der Waals surface area contributed by atoms with Crippen molar-refractivity contribution in [3.05, 3.63) is 60.3 Å². The molecule has 1 atom stereocenters. The average molecular weight is 699 g/mol. The molecule has 0 fully saturated rings. The van der Waals surface area contributed by atoms with E-state index in [-0.39, 0.29) is 12.8 Å². The standard InChI is InChI=1S/C31H37F3N6O2S3.H2O.H2/c1-30(2,31(32,33)34)21-42-25-16-18-40(37-25)28-27-23-13-8-7-12-22(23)11-6-4-5-9-17-39(19-20-43-3)24-14-10-15-26(35-24)45(41)38-29(36-27)44-28;;/h7-8,10,12-16,18H,4-6,9,11,17,19-21H2,1-3H3,(H,36,38);1H2;1H. The summed E-state index contributed by atoms with van der Waals surface area (Å²) in [5.41, 5.74) is 0.650. The van der Waals surface area contributed by atoms with E-state index in [0.29, 0.717) is 20.9 Å². The zero-order valence-corrected chi connectivity index (χ0v) is 28.4. The van der Waals surface area contributed by atoms with Crippen molar-refractivity contribution in [3.63, 3.8) is 0 Å². The summed E-state index contributed by atoms with van der Waals surface area (Å²) in [4.78, 5) is 11.9. The third-order valence-electron chi connectivity index (χ3n) is 7.60. The molecule has 0 aliphatic carbocycles. The lowest BCUT2D eigenvalue weighted by molar-refractivity contribution is -0.219. The number of nitrogens with zero attached hydrogens (tertiary/aromatic N) is 5. The van der Waals surface area contributed by atoms with Crippen molar-refractivity contribution in [2.45, 2.75) is 57.2 Å². The second-order valence-corrected chi connectivity index (χ2v) is 14.6. The van der Waals surface area contributed by atoms with Gasteiger partial charge in [-0.3, -0.25) is 4.72 Å². The number of anilines is 2. The Morgan fingerprint density at radius 2 is 1.85 bits per heavy atom. The van der Waals surface area contributed by atoms with Gasteiger partial charge in [0.2, 0.25) is 5.88 Å². The Morgan fingerprint density at radius 3 is 2.63 bits per heavy atom. The highest BCUT2D eigenvalue weighted by atomic mass is 32.2. The van der Waals surface area contributed by atoms with Crippen molar-refractivity contribution >= 4 is 45.0 Å². The van der Waals surface area contributed by atoms with Crippen molar-refractivity contribution in [2.75, 3.05) is 41.3 Å². The van der Waals surface area contributed by atoms with Crippen LogP contribution in [0.25, 0.3) is 16.3 Å². The monoisotopic (exact) mass is 698 g/mol. The molecule has 4 aromatic rings. The van der Waals surface area contributed by atoms with Crippen LogP contribution in [0.4, 0.5) is 24.1 Å². The largest absolute Gasteiger partial charge is 0.476 e. The fourth-order valence-electron chi connectivity index (χ4n) is 4.82. The molecule has 4 heterocycles. The maximum absolute atomic E-state index is 13.6. The maximum Gasteiger partial charge on any atom is 0.397 e. The number of ether oxygens (including phenoxy) is 1. The van der Waals surface area contributed by atoms with Gasteiger partial charge in [0.05, 0.1) is 5.41 Å². The molecule has 9 nitrogen and oxygen atoms in total. The van der Waals surface area contributed by atoms with E-state index >= 15 is 0 Å². The van der Waals surface area contributed by atoms with Gasteiger partial charge in [0.25, 0.3) is 0 Å². The predicted molar refractivity (Wildman–Crippen MR) is 183 cm³/mol. The van der Waals surface area contributed by atoms with Gasteiger partial charge in [0, 0.05) is 38.1 Å². The molecule has 3 aromatic heterocycles. The summed E-state index contributed by atoms with van der Waals surface area (Å²) in [6, 6.07) is 15.1. The van der Waals surface area contributed by atoms with Crippen LogP contribution in [0.2, 0.25) is 0 Å². The highest BCUT2D eigenvalue weighted by molar-refractivity contribution is 7.98. The summed E-state index contributed by atoms with van der Waals surface area (Å²) < 4.78 is 63.8. The van der Waals surface area contributed by atoms with E-state index in [0.717, 1.165) is 81.7 Å². The SMILES string of the molecule is CSCCN1CCCCCCc2ccccc2-c2nc(sc2-n2ccc(OCC(C)(C)C(F)(F)F)n2)NS(=O)c2cccc1n2.O.[HH]. The number of aromatic nitrogens is 4. The summed E-state index contributed by atoms with van der Waals surface area (Å²) in [7, 11) is -1.70. The number of thioether (sulfide) groups is 1. The first-order chi connectivity index (χ1) is 21.6. The molecule has 4 bridgehead atoms. The first kappa shape index (κ1) is 35.7. The fourth-order valence-corrected chi connectivity index (χ4v) is 7.07. The summed E-state index contributed by atoms with van der Waals surface area (Å²) in [6.45, 7) is 3.35. The van der Waals surface area contributed by atoms with Gasteiger partial charge >= 0.3 is 6.18 Å². The quantitative estimate of drug-likeness (QED) is 0.217. The number of alkyl halides is 3. The number of fused-ring (bicyclic) bond motifs is 6. The predicted octanol–water partition coefficient (Wildman–Crippen LogP) is 7.20. The van der Waals surface area contributed by atoms with Crippen molar-refractivity contribution in [2.24, 2.45) is 5.41 Å². The van der Waals surface area contributed by atoms with E-state index in [2.05, 4.69) is 27.0 Å². The Hall–Kier alpha value is -3.14. The van der Waals surface area contributed by atoms with Crippen LogP contribution < -0.4 is 14.4 Å². The van der Waals surface area contributed by atoms with Crippen LogP contribution in [-0.2, 0) is 17.4 Å². The number of pyridine rings is 1. The Balaban J connectivity index is 0.00000300. The van der Waals surface area contributed by atoms with Gasteiger partial charge in [-0.15, -0.1) is 5.10 Å². The minimum Gasteiger partial charge on any atom is -0.476 e. The van der Waals surface area contributed by atoms with Gasteiger partial charge in [0.15, 0.2) is 21.1 Å². The molecule has 5 rings (SSSR count). The minimum absolute atomic E-state index is 0. The molecule has 3 N–H and O–H groups in total. The second kappa shape index (κ2) is 15.6. The van der Waals surface area contributed by atoms with Crippen LogP contribution >= 0.6 is 23.1 Å². The zero-order valence-electron chi connectivity index (χ0n) is 26.0. The Morgan fingerprint density at radius 1 is 1.07 bits per heavy atom. The lowest BCUT2D eigenvalue weighted by Gasteiger charge is -2.26. The molecule has 1 aromatic carbocycles. The molecule has 0 amide bonds. The van der Waals surface area contributed by atoms with Crippen molar-refractivity contribution in [1.29, 1.82) is 0 Å². The van der Waals surface area contributed by atoms with E-state index in [1.807, 2.05) is 30.3 Å². The van der Waals surface area contributed by atoms with E-state index in [9.17, 15) is 17.4 Å². The normalized spacial score (nSPS) is 16.1. The molecule has 46 heavy (non-hydrogen) atoms. The van der Waals surface area contributed by atoms with E-state index in [4.69, 9.17) is 14.7 Å². The van der Waals surface area contributed by atoms with Gasteiger partial charge < -0.3 is 15.1 Å². The van der Waals surface area contributed by atoms with Crippen molar-refractivity contribution in [3.8, 4) is 22.1 Å². The first-order valence-electron chi connectivity index (χ1n) is 14.8. The topological polar surface area (TPSA) is 117 Å². The van der Waals surface area contributed by atoms with Gasteiger partial charge in [-0.1, -0.05) is 54.5 Å². The highest BCUT2D eigenvalue weighted by Gasteiger charge is 2.48. The van der Waals surface area contributed by atoms with E-state index < -0.39 is 29.2 Å². The number of aryl methyl sites for hydroxylation is 1. The number of hydrogen-bond donors (Lipinski definition) is 1. The number of benzene rings is 1. The van der Waals surface area contributed by atoms with Gasteiger partial charge in [0.1, 0.15) is 23.1 Å². The molecule has 252 valence electrons. The number of halogens is 3. The van der Waals surface area contributed by atoms with Crippen LogP contribution in [0.1, 0.15) is 46.5 Å². The lowest BCUT2D eigenvalue weighted by Crippen LogP contribution is -2.37. The maximum atomic E-state index is 13.6. The Labute approximate surface area is 279 Å². The highest BCUT2D eigenvalue weighted by Crippen LogP contribution is 2.39. The lowest BCUT2D eigenvalue weighted by atomic mass is 9.94. The van der Waals surface area contributed by atoms with E-state index in [1.54, 1.807) is 28.7 Å². The van der Waals surface area contributed by atoms with Gasteiger partial charge in [-0.25, -0.2) is 18.9 Å². The molecule has 0 saturated heterocycles. The molecule has 1 aliphatic rings. The van der Waals surface area contributed by atoms with Crippen LogP contribution in [0.3, 0.4) is 0 Å². The molecular formula is C31H41F3N6O3S3. The van der Waals surface area contributed by atoms with Crippen LogP contribution in [-0.4, -0.2) is 67.3 Å². The van der Waals surface area contributed by atoms with Crippen LogP contribution in [0.15, 0.2) is 59.8 Å². The zero-order chi connectivity index (χ0) is 32.0. The number of thiazole rings is 1.